The van der Waals surface area contributed by atoms with E-state index in [-0.39, 0.29) is 16.2 Å². The zero-order valence-corrected chi connectivity index (χ0v) is 16.7. The lowest BCUT2D eigenvalue weighted by molar-refractivity contribution is -0.141. The smallest absolute Gasteiger partial charge is 0.264 e. The number of carbonyl (C=O) groups excluding carboxylic acids is 1. The molecule has 5 nitrogen and oxygen atoms in total. The third-order valence-corrected chi connectivity index (χ3v) is 7.03. The fourth-order valence-electron chi connectivity index (χ4n) is 3.35. The van der Waals surface area contributed by atoms with Crippen LogP contribution in [0.4, 0.5) is 4.39 Å². The normalized spacial score (nSPS) is 22.4. The lowest BCUT2D eigenvalue weighted by atomic mass is 9.75. The number of hydrogen-bond acceptors (Lipinski definition) is 4. The molecule has 1 fully saturated rings. The lowest BCUT2D eigenvalue weighted by Gasteiger charge is -2.47. The number of halogens is 1. The van der Waals surface area contributed by atoms with Gasteiger partial charge in [0.05, 0.1) is 10.3 Å². The fraction of sp³-hybridized carbons (Fsp3) is 0.286. The van der Waals surface area contributed by atoms with Gasteiger partial charge in [-0.1, -0.05) is 36.4 Å². The Morgan fingerprint density at radius 2 is 1.75 bits per heavy atom. The van der Waals surface area contributed by atoms with Crippen molar-refractivity contribution < 1.29 is 22.7 Å². The molecule has 7 heteroatoms. The van der Waals surface area contributed by atoms with E-state index in [2.05, 4.69) is 6.58 Å². The van der Waals surface area contributed by atoms with E-state index < -0.39 is 39.2 Å². The molecule has 2 aromatic rings. The summed E-state index contributed by atoms with van der Waals surface area (Å²) in [5.41, 5.74) is -0.222. The summed E-state index contributed by atoms with van der Waals surface area (Å²) >= 11 is 0. The number of piperidine rings is 1. The number of carbonyl (C=O) groups is 1. The number of hydrogen-bond donors (Lipinski definition) is 1. The molecular formula is C21H22FNO4S. The maximum Gasteiger partial charge on any atom is 0.264 e. The van der Waals surface area contributed by atoms with E-state index in [1.165, 1.54) is 44.2 Å². The number of nitrogens with zero attached hydrogens (tertiary/aromatic N) is 1. The molecule has 28 heavy (non-hydrogen) atoms. The van der Waals surface area contributed by atoms with Crippen molar-refractivity contribution in [1.29, 1.82) is 0 Å². The summed E-state index contributed by atoms with van der Waals surface area (Å²) in [4.78, 5) is 12.8. The van der Waals surface area contributed by atoms with Crippen LogP contribution >= 0.6 is 0 Å². The summed E-state index contributed by atoms with van der Waals surface area (Å²) in [5.74, 6) is -1.16. The Hall–Kier alpha value is -2.51. The van der Waals surface area contributed by atoms with Gasteiger partial charge in [0, 0.05) is 5.70 Å². The van der Waals surface area contributed by atoms with Crippen molar-refractivity contribution in [1.82, 2.24) is 4.31 Å². The molecule has 0 saturated carbocycles. The molecule has 1 heterocycles. The molecule has 148 valence electrons. The maximum atomic E-state index is 13.8. The van der Waals surface area contributed by atoms with Crippen LogP contribution in [0, 0.1) is 18.2 Å². The summed E-state index contributed by atoms with van der Waals surface area (Å²) in [6.07, 6.45) is -1.66. The van der Waals surface area contributed by atoms with E-state index in [9.17, 15) is 22.7 Å². The van der Waals surface area contributed by atoms with Gasteiger partial charge in [0.25, 0.3) is 10.0 Å². The van der Waals surface area contributed by atoms with Crippen molar-refractivity contribution in [3.05, 3.63) is 77.8 Å². The minimum Gasteiger partial charge on any atom is -0.383 e. The number of rotatable bonds is 3. The molecule has 3 rings (SSSR count). The molecule has 0 aromatic heterocycles. The first-order chi connectivity index (χ1) is 13.0. The van der Waals surface area contributed by atoms with Crippen molar-refractivity contribution in [2.75, 3.05) is 0 Å². The first-order valence-electron chi connectivity index (χ1n) is 8.76. The molecule has 0 amide bonds. The predicted molar refractivity (Wildman–Crippen MR) is 103 cm³/mol. The predicted octanol–water partition coefficient (Wildman–Crippen LogP) is 3.35. The SMILES string of the molecule is C=C1N(S(=O)(=O)c2ccc(C)cc2)[C@@H](c2cccc(F)c2)[C@H](O)C(=O)C1(C)C. The van der Waals surface area contributed by atoms with Gasteiger partial charge in [-0.05, 0) is 50.6 Å². The number of allylic oxidation sites excluding steroid dienone is 1. The molecule has 0 bridgehead atoms. The standard InChI is InChI=1S/C21H22FNO4S/c1-13-8-10-17(11-9-13)28(26,27)23-14(2)21(3,4)20(25)19(24)18(23)15-6-5-7-16(22)12-15/h5-12,18-19,24H,2H2,1,3-4H3/t18-,19-/m0/s1. The van der Waals surface area contributed by atoms with E-state index in [0.717, 1.165) is 15.9 Å². The maximum absolute atomic E-state index is 13.8. The quantitative estimate of drug-likeness (QED) is 0.853. The van der Waals surface area contributed by atoms with Crippen LogP contribution in [0.2, 0.25) is 0 Å². The molecule has 1 saturated heterocycles. The lowest BCUT2D eigenvalue weighted by Crippen LogP contribution is -2.55. The van der Waals surface area contributed by atoms with Crippen LogP contribution in [0.25, 0.3) is 0 Å². The monoisotopic (exact) mass is 403 g/mol. The Morgan fingerprint density at radius 1 is 1.14 bits per heavy atom. The van der Waals surface area contributed by atoms with Crippen molar-refractivity contribution >= 4 is 15.8 Å². The molecule has 1 aliphatic rings. The molecule has 1 N–H and O–H groups in total. The summed E-state index contributed by atoms with van der Waals surface area (Å²) in [6, 6.07) is 10.1. The second-order valence-electron chi connectivity index (χ2n) is 7.49. The zero-order valence-electron chi connectivity index (χ0n) is 15.9. The van der Waals surface area contributed by atoms with E-state index in [4.69, 9.17) is 0 Å². The Kier molecular flexibility index (Phi) is 4.93. The number of Topliss-reactive ketones (excluding diaryl/α,β-unsaturated/α-hetero) is 1. The van der Waals surface area contributed by atoms with Crippen molar-refractivity contribution in [2.24, 2.45) is 5.41 Å². The van der Waals surface area contributed by atoms with Gasteiger partial charge in [-0.15, -0.1) is 0 Å². The van der Waals surface area contributed by atoms with E-state index in [1.807, 2.05) is 6.92 Å². The van der Waals surface area contributed by atoms with Gasteiger partial charge in [0.2, 0.25) is 0 Å². The summed E-state index contributed by atoms with van der Waals surface area (Å²) in [7, 11) is -4.17. The summed E-state index contributed by atoms with van der Waals surface area (Å²) in [5, 5.41) is 10.7. The average molecular weight is 403 g/mol. The van der Waals surface area contributed by atoms with Crippen LogP contribution in [-0.4, -0.2) is 29.7 Å². The number of aryl methyl sites for hydroxylation is 1. The van der Waals surface area contributed by atoms with Gasteiger partial charge in [0.15, 0.2) is 5.78 Å². The Morgan fingerprint density at radius 3 is 2.32 bits per heavy atom. The first kappa shape index (κ1) is 20.2. The van der Waals surface area contributed by atoms with Crippen molar-refractivity contribution in [3.8, 4) is 0 Å². The van der Waals surface area contributed by atoms with Crippen molar-refractivity contribution in [3.63, 3.8) is 0 Å². The van der Waals surface area contributed by atoms with E-state index in [1.54, 1.807) is 12.1 Å². The molecular weight excluding hydrogens is 381 g/mol. The van der Waals surface area contributed by atoms with Gasteiger partial charge in [-0.2, -0.15) is 0 Å². The van der Waals surface area contributed by atoms with Crippen LogP contribution in [0.15, 0.2) is 65.7 Å². The second-order valence-corrected chi connectivity index (χ2v) is 9.31. The molecule has 0 aliphatic carbocycles. The molecule has 0 spiro atoms. The topological polar surface area (TPSA) is 74.7 Å². The fourth-order valence-corrected chi connectivity index (χ4v) is 5.12. The molecule has 1 aliphatic heterocycles. The minimum absolute atomic E-state index is 0.00185. The molecule has 0 unspecified atom stereocenters. The largest absolute Gasteiger partial charge is 0.383 e. The van der Waals surface area contributed by atoms with Gasteiger partial charge in [0.1, 0.15) is 18.0 Å². The highest BCUT2D eigenvalue weighted by molar-refractivity contribution is 7.89. The van der Waals surface area contributed by atoms with Gasteiger partial charge < -0.3 is 5.11 Å². The number of benzene rings is 2. The number of aliphatic hydroxyl groups is 1. The van der Waals surface area contributed by atoms with E-state index >= 15 is 0 Å². The second kappa shape index (κ2) is 6.83. The van der Waals surface area contributed by atoms with Crippen molar-refractivity contribution in [2.45, 2.75) is 37.8 Å². The third kappa shape index (κ3) is 3.14. The Labute approximate surface area is 164 Å². The zero-order chi connectivity index (χ0) is 20.9. The highest BCUT2D eigenvalue weighted by atomic mass is 32.2. The Bertz CT molecular complexity index is 1040. The highest BCUT2D eigenvalue weighted by Crippen LogP contribution is 2.46. The summed E-state index contributed by atoms with van der Waals surface area (Å²) < 4.78 is 41.7. The number of ketones is 1. The van der Waals surface area contributed by atoms with Crippen LogP contribution in [0.5, 0.6) is 0 Å². The number of sulfonamides is 1. The van der Waals surface area contributed by atoms with Crippen LogP contribution in [-0.2, 0) is 14.8 Å². The number of aliphatic hydroxyl groups excluding tert-OH is 1. The van der Waals surface area contributed by atoms with Gasteiger partial charge in [-0.25, -0.2) is 12.8 Å². The first-order valence-corrected chi connectivity index (χ1v) is 10.2. The third-order valence-electron chi connectivity index (χ3n) is 5.19. The molecule has 2 atom stereocenters. The van der Waals surface area contributed by atoms with Crippen LogP contribution in [0.1, 0.15) is 31.0 Å². The van der Waals surface area contributed by atoms with Crippen LogP contribution < -0.4 is 0 Å². The van der Waals surface area contributed by atoms with Crippen LogP contribution in [0.3, 0.4) is 0 Å². The van der Waals surface area contributed by atoms with Gasteiger partial charge >= 0.3 is 0 Å². The highest BCUT2D eigenvalue weighted by Gasteiger charge is 2.53. The molecule has 0 radical (unpaired) electrons. The molecule has 2 aromatic carbocycles. The minimum atomic E-state index is -4.17. The summed E-state index contributed by atoms with van der Waals surface area (Å²) in [6.45, 7) is 8.72. The average Bonchev–Trinajstić information content (AvgIpc) is 2.63. The van der Waals surface area contributed by atoms with Gasteiger partial charge in [-0.3, -0.25) is 9.10 Å². The van der Waals surface area contributed by atoms with E-state index in [0.29, 0.717) is 0 Å². The Balaban J connectivity index is 2.24.